The van der Waals surface area contributed by atoms with Crippen LogP contribution in [0, 0.1) is 17.8 Å². The molecule has 2 rings (SSSR count). The van der Waals surface area contributed by atoms with Crippen LogP contribution < -0.4 is 10.1 Å². The van der Waals surface area contributed by atoms with Crippen molar-refractivity contribution in [3.05, 3.63) is 23.9 Å². The smallest absolute Gasteiger partial charge is 0.384 e. The quantitative estimate of drug-likeness (QED) is 0.670. The van der Waals surface area contributed by atoms with Crippen molar-refractivity contribution < 1.29 is 14.3 Å². The van der Waals surface area contributed by atoms with E-state index in [2.05, 4.69) is 22.1 Å². The summed E-state index contributed by atoms with van der Waals surface area (Å²) in [7, 11) is 0. The van der Waals surface area contributed by atoms with Gasteiger partial charge in [0.25, 0.3) is 0 Å². The molecule has 5 nitrogen and oxygen atoms in total. The van der Waals surface area contributed by atoms with Gasteiger partial charge >= 0.3 is 5.97 Å². The molecular formula is C16H20N2O3. The van der Waals surface area contributed by atoms with Gasteiger partial charge in [0.15, 0.2) is 0 Å². The third kappa shape index (κ3) is 5.44. The van der Waals surface area contributed by atoms with Crippen LogP contribution in [0.5, 0.6) is 5.88 Å². The molecule has 1 aliphatic rings. The minimum Gasteiger partial charge on any atom is -0.477 e. The van der Waals surface area contributed by atoms with Crippen LogP contribution in [0.15, 0.2) is 18.2 Å². The number of aromatic nitrogens is 1. The summed E-state index contributed by atoms with van der Waals surface area (Å²) in [5.74, 6) is 5.59. The van der Waals surface area contributed by atoms with E-state index in [-0.39, 0.29) is 0 Å². The molecule has 21 heavy (non-hydrogen) atoms. The lowest BCUT2D eigenvalue weighted by Crippen LogP contribution is -2.33. The molecule has 0 spiro atoms. The number of carbonyl (C=O) groups is 1. The fraction of sp³-hybridized carbons (Fsp3) is 0.500. The minimum absolute atomic E-state index is 0.319. The van der Waals surface area contributed by atoms with Crippen molar-refractivity contribution in [1.82, 2.24) is 10.3 Å². The molecule has 5 heteroatoms. The second-order valence-electron chi connectivity index (χ2n) is 4.85. The highest BCUT2D eigenvalue weighted by Crippen LogP contribution is 2.13. The lowest BCUT2D eigenvalue weighted by atomic mass is 10.0. The van der Waals surface area contributed by atoms with E-state index in [0.29, 0.717) is 30.7 Å². The SMILES string of the molecule is CCOC(=O)C#Cc1cccc(OCC2CCCNC2)n1. The third-order valence-electron chi connectivity index (χ3n) is 3.16. The number of piperidine rings is 1. The van der Waals surface area contributed by atoms with Crippen LogP contribution in [0.3, 0.4) is 0 Å². The molecule has 1 N–H and O–H groups in total. The van der Waals surface area contributed by atoms with Crippen LogP contribution >= 0.6 is 0 Å². The molecule has 0 saturated carbocycles. The maximum Gasteiger partial charge on any atom is 0.384 e. The number of pyridine rings is 1. The summed E-state index contributed by atoms with van der Waals surface area (Å²) in [5.41, 5.74) is 0.502. The van der Waals surface area contributed by atoms with E-state index in [9.17, 15) is 4.79 Å². The van der Waals surface area contributed by atoms with Crippen molar-refractivity contribution >= 4 is 5.97 Å². The number of nitrogens with zero attached hydrogens (tertiary/aromatic N) is 1. The second kappa shape index (κ2) is 8.28. The number of hydrogen-bond donors (Lipinski definition) is 1. The molecule has 2 heterocycles. The molecule has 0 aliphatic carbocycles. The van der Waals surface area contributed by atoms with E-state index >= 15 is 0 Å². The molecule has 1 saturated heterocycles. The van der Waals surface area contributed by atoms with Crippen LogP contribution in [-0.4, -0.2) is 37.3 Å². The van der Waals surface area contributed by atoms with Crippen molar-refractivity contribution in [3.8, 4) is 17.7 Å². The molecule has 1 atom stereocenters. The van der Waals surface area contributed by atoms with Gasteiger partial charge < -0.3 is 14.8 Å². The molecule has 0 amide bonds. The molecule has 1 aromatic rings. The summed E-state index contributed by atoms with van der Waals surface area (Å²) in [6.07, 6.45) is 2.36. The molecular weight excluding hydrogens is 268 g/mol. The number of rotatable bonds is 4. The number of carbonyl (C=O) groups excluding carboxylic acids is 1. The van der Waals surface area contributed by atoms with Gasteiger partial charge in [0.2, 0.25) is 5.88 Å². The molecule has 0 aromatic carbocycles. The Balaban J connectivity index is 1.89. The fourth-order valence-electron chi connectivity index (χ4n) is 2.12. The van der Waals surface area contributed by atoms with E-state index < -0.39 is 5.97 Å². The van der Waals surface area contributed by atoms with Crippen LogP contribution in [0.25, 0.3) is 0 Å². The predicted octanol–water partition coefficient (Wildman–Crippen LogP) is 1.37. The standard InChI is InChI=1S/C16H20N2O3/c1-2-20-16(19)9-8-14-6-3-7-15(18-14)21-12-13-5-4-10-17-11-13/h3,6-7,13,17H,2,4-5,10-12H2,1H3. The fourth-order valence-corrected chi connectivity index (χ4v) is 2.12. The summed E-state index contributed by atoms with van der Waals surface area (Å²) in [4.78, 5) is 15.4. The Kier molecular flexibility index (Phi) is 6.04. The molecule has 112 valence electrons. The Labute approximate surface area is 125 Å². The first-order chi connectivity index (χ1) is 10.3. The zero-order valence-electron chi connectivity index (χ0n) is 12.2. The van der Waals surface area contributed by atoms with E-state index in [0.717, 1.165) is 13.1 Å². The van der Waals surface area contributed by atoms with E-state index in [1.165, 1.54) is 12.8 Å². The van der Waals surface area contributed by atoms with Crippen molar-refractivity contribution in [2.75, 3.05) is 26.3 Å². The first kappa shape index (κ1) is 15.3. The summed E-state index contributed by atoms with van der Waals surface area (Å²) in [5, 5.41) is 3.35. The van der Waals surface area contributed by atoms with Gasteiger partial charge in [0, 0.05) is 24.4 Å². The molecule has 1 fully saturated rings. The van der Waals surface area contributed by atoms with Gasteiger partial charge in [0.1, 0.15) is 5.69 Å². The summed E-state index contributed by atoms with van der Waals surface area (Å²) >= 11 is 0. The van der Waals surface area contributed by atoms with E-state index in [4.69, 9.17) is 9.47 Å². The van der Waals surface area contributed by atoms with Crippen molar-refractivity contribution in [2.45, 2.75) is 19.8 Å². The Morgan fingerprint density at radius 1 is 1.52 bits per heavy atom. The topological polar surface area (TPSA) is 60.5 Å². The van der Waals surface area contributed by atoms with Crippen molar-refractivity contribution in [3.63, 3.8) is 0 Å². The largest absolute Gasteiger partial charge is 0.477 e. The average molecular weight is 288 g/mol. The lowest BCUT2D eigenvalue weighted by Gasteiger charge is -2.22. The van der Waals surface area contributed by atoms with Crippen molar-refractivity contribution in [2.24, 2.45) is 5.92 Å². The van der Waals surface area contributed by atoms with Gasteiger partial charge in [-0.3, -0.25) is 0 Å². The molecule has 1 aliphatic heterocycles. The van der Waals surface area contributed by atoms with Gasteiger partial charge in [-0.1, -0.05) is 6.07 Å². The summed E-state index contributed by atoms with van der Waals surface area (Å²) < 4.78 is 10.4. The number of nitrogens with one attached hydrogen (secondary N) is 1. The molecule has 0 bridgehead atoms. The number of hydrogen-bond acceptors (Lipinski definition) is 5. The lowest BCUT2D eigenvalue weighted by molar-refractivity contribution is -0.136. The van der Waals surface area contributed by atoms with Crippen LogP contribution in [0.2, 0.25) is 0 Å². The van der Waals surface area contributed by atoms with Crippen LogP contribution in [0.4, 0.5) is 0 Å². The average Bonchev–Trinajstić information content (AvgIpc) is 2.53. The number of esters is 1. The Morgan fingerprint density at radius 3 is 3.19 bits per heavy atom. The molecule has 1 aromatic heterocycles. The predicted molar refractivity (Wildman–Crippen MR) is 78.8 cm³/mol. The maximum atomic E-state index is 11.2. The Hall–Kier alpha value is -2.06. The van der Waals surface area contributed by atoms with Gasteiger partial charge in [-0.2, -0.15) is 0 Å². The maximum absolute atomic E-state index is 11.2. The highest BCUT2D eigenvalue weighted by Gasteiger charge is 2.13. The van der Waals surface area contributed by atoms with Gasteiger partial charge in [0.05, 0.1) is 13.2 Å². The van der Waals surface area contributed by atoms with E-state index in [1.807, 2.05) is 6.07 Å². The Bertz CT molecular complexity index is 528. The summed E-state index contributed by atoms with van der Waals surface area (Å²) in [6, 6.07) is 5.35. The molecule has 0 radical (unpaired) electrons. The van der Waals surface area contributed by atoms with Crippen molar-refractivity contribution in [1.29, 1.82) is 0 Å². The third-order valence-corrected chi connectivity index (χ3v) is 3.16. The zero-order valence-corrected chi connectivity index (χ0v) is 12.2. The highest BCUT2D eigenvalue weighted by molar-refractivity contribution is 5.88. The minimum atomic E-state index is -0.543. The van der Waals surface area contributed by atoms with Crippen LogP contribution in [0.1, 0.15) is 25.5 Å². The molecule has 1 unspecified atom stereocenters. The monoisotopic (exact) mass is 288 g/mol. The second-order valence-corrected chi connectivity index (χ2v) is 4.85. The van der Waals surface area contributed by atoms with E-state index in [1.54, 1.807) is 19.1 Å². The summed E-state index contributed by atoms with van der Waals surface area (Å²) in [6.45, 7) is 4.79. The zero-order chi connectivity index (χ0) is 14.9. The normalized spacial score (nSPS) is 17.5. The highest BCUT2D eigenvalue weighted by atomic mass is 16.5. The first-order valence-electron chi connectivity index (χ1n) is 7.27. The van der Waals surface area contributed by atoms with Crippen LogP contribution in [-0.2, 0) is 9.53 Å². The van der Waals surface area contributed by atoms with Gasteiger partial charge in [-0.05, 0) is 38.3 Å². The first-order valence-corrected chi connectivity index (χ1v) is 7.27. The van der Waals surface area contributed by atoms with Gasteiger partial charge in [-0.25, -0.2) is 9.78 Å². The van der Waals surface area contributed by atoms with Gasteiger partial charge in [-0.15, -0.1) is 0 Å². The number of ether oxygens (including phenoxy) is 2. The Morgan fingerprint density at radius 2 is 2.43 bits per heavy atom.